The topological polar surface area (TPSA) is 210 Å². The van der Waals surface area contributed by atoms with Gasteiger partial charge < -0.3 is 40.0 Å². The minimum atomic E-state index is -4.82. The number of ether oxygens (including phenoxy) is 1. The molecule has 2 fully saturated rings. The maximum Gasteiger partial charge on any atom is 0.417 e. The Morgan fingerprint density at radius 2 is 1.58 bits per heavy atom. The number of alkyl halides is 3. The number of anilines is 3. The van der Waals surface area contributed by atoms with E-state index in [2.05, 4.69) is 20.9 Å². The van der Waals surface area contributed by atoms with E-state index >= 15 is 0 Å². The molecule has 0 bridgehead atoms. The summed E-state index contributed by atoms with van der Waals surface area (Å²) in [7, 11) is 0. The molecule has 3 heterocycles. The molecule has 0 saturated carbocycles. The molecule has 0 unspecified atom stereocenters. The Kier molecular flexibility index (Phi) is 15.9. The molecule has 2 aliphatic rings. The largest absolute Gasteiger partial charge is 0.443 e. The fourth-order valence-electron chi connectivity index (χ4n) is 8.71. The molecule has 20 heteroatoms. The predicted octanol–water partition coefficient (Wildman–Crippen LogP) is 7.67. The van der Waals surface area contributed by atoms with Crippen molar-refractivity contribution in [2.45, 2.75) is 97.3 Å². The Labute approximate surface area is 425 Å². The molecule has 5 amide bonds. The number of aromatic nitrogens is 1. The average Bonchev–Trinajstić information content (AvgIpc) is 4.01. The minimum absolute atomic E-state index is 0.0231. The summed E-state index contributed by atoms with van der Waals surface area (Å²) in [5.74, 6) is -1.67. The molecule has 16 nitrogen and oxygen atoms in total. The van der Waals surface area contributed by atoms with Crippen LogP contribution in [0.5, 0.6) is 0 Å². The van der Waals surface area contributed by atoms with Crippen LogP contribution in [0.2, 0.25) is 0 Å². The van der Waals surface area contributed by atoms with Gasteiger partial charge in [0.1, 0.15) is 24.2 Å². The van der Waals surface area contributed by atoms with Crippen LogP contribution in [-0.4, -0.2) is 93.1 Å². The van der Waals surface area contributed by atoms with E-state index in [1.165, 1.54) is 17.4 Å². The van der Waals surface area contributed by atoms with E-state index in [-0.39, 0.29) is 55.9 Å². The van der Waals surface area contributed by atoms with Crippen molar-refractivity contribution < 1.29 is 51.4 Å². The number of aliphatic hydroxyl groups is 1. The monoisotopic (exact) mass is 1020 g/mol. The summed E-state index contributed by atoms with van der Waals surface area (Å²) in [6, 6.07) is 24.2. The maximum atomic E-state index is 14.0. The fraction of sp³-hybridized carbons (Fsp3) is 0.358. The van der Waals surface area contributed by atoms with Crippen LogP contribution < -0.4 is 25.8 Å². The Balaban J connectivity index is 0.856. The normalized spacial score (nSPS) is 17.1. The van der Waals surface area contributed by atoms with Gasteiger partial charge in [-0.15, -0.1) is 0 Å². The number of nitrogens with zero attached hydrogens (tertiary/aromatic N) is 5. The SMILES string of the molecule is Cc1ncoc1-c1ccc(CNC(=O)[C@@H]2C[C@@H](O)CN2C(=O)[C@@H](NC(=O)COCCCC(=O)Nc2ccc(-c3ccc(N4C(=S)N(c5ccc(C#N)c(C(F)(F)F)c5)C(=O)C4(C)C)cc3)cc2)C(C)(C)C)cc1. The van der Waals surface area contributed by atoms with Crippen molar-refractivity contribution in [1.29, 1.82) is 5.26 Å². The number of β-amino-alcohol motifs (C(OH)–C–C–N with tert-alkyl or cyclic N) is 1. The Hall–Kier alpha value is -7.47. The van der Waals surface area contributed by atoms with Gasteiger partial charge in [0.2, 0.25) is 23.6 Å². The number of hydrogen-bond donors (Lipinski definition) is 4. The van der Waals surface area contributed by atoms with Crippen molar-refractivity contribution >= 4 is 63.9 Å². The number of aryl methyl sites for hydroxylation is 1. The molecule has 4 aromatic carbocycles. The molecule has 7 rings (SSSR count). The highest BCUT2D eigenvalue weighted by molar-refractivity contribution is 7.81. The molecule has 4 N–H and O–H groups in total. The van der Waals surface area contributed by atoms with Crippen LogP contribution in [0, 0.1) is 23.7 Å². The zero-order valence-electron chi connectivity index (χ0n) is 41.0. The number of carbonyl (C=O) groups excluding carboxylic acids is 5. The van der Waals surface area contributed by atoms with Gasteiger partial charge in [0.15, 0.2) is 17.3 Å². The van der Waals surface area contributed by atoms with Crippen LogP contribution in [0.15, 0.2) is 102 Å². The first kappa shape index (κ1) is 53.3. The molecule has 0 aliphatic carbocycles. The molecule has 2 saturated heterocycles. The number of nitriles is 1. The van der Waals surface area contributed by atoms with Gasteiger partial charge in [-0.1, -0.05) is 69.3 Å². The van der Waals surface area contributed by atoms with Gasteiger partial charge in [-0.3, -0.25) is 28.9 Å². The van der Waals surface area contributed by atoms with E-state index in [4.69, 9.17) is 21.4 Å². The van der Waals surface area contributed by atoms with Crippen molar-refractivity contribution in [2.75, 3.05) is 34.9 Å². The third-order valence-electron chi connectivity index (χ3n) is 12.6. The highest BCUT2D eigenvalue weighted by Crippen LogP contribution is 2.40. The number of aliphatic hydroxyl groups excluding tert-OH is 1. The lowest BCUT2D eigenvalue weighted by Gasteiger charge is -2.35. The summed E-state index contributed by atoms with van der Waals surface area (Å²) < 4.78 is 52.3. The smallest absolute Gasteiger partial charge is 0.417 e. The molecule has 73 heavy (non-hydrogen) atoms. The predicted molar refractivity (Wildman–Crippen MR) is 269 cm³/mol. The number of thiocarbonyl (C=S) groups is 1. The molecule has 382 valence electrons. The Morgan fingerprint density at radius 3 is 2.18 bits per heavy atom. The maximum absolute atomic E-state index is 14.0. The van der Waals surface area contributed by atoms with Crippen molar-refractivity contribution in [3.63, 3.8) is 0 Å². The van der Waals surface area contributed by atoms with Gasteiger partial charge in [-0.05, 0) is 104 Å². The van der Waals surface area contributed by atoms with Crippen LogP contribution in [0.3, 0.4) is 0 Å². The number of halogens is 3. The van der Waals surface area contributed by atoms with Crippen molar-refractivity contribution in [1.82, 2.24) is 20.5 Å². The Morgan fingerprint density at radius 1 is 0.945 bits per heavy atom. The van der Waals surface area contributed by atoms with Gasteiger partial charge in [0.05, 0.1) is 34.7 Å². The fourth-order valence-corrected chi connectivity index (χ4v) is 9.24. The summed E-state index contributed by atoms with van der Waals surface area (Å²) in [6.45, 7) is 10.2. The summed E-state index contributed by atoms with van der Waals surface area (Å²) >= 11 is 5.66. The molecule has 3 atom stereocenters. The number of benzene rings is 4. The highest BCUT2D eigenvalue weighted by Gasteiger charge is 2.51. The van der Waals surface area contributed by atoms with E-state index in [0.29, 0.717) is 23.6 Å². The lowest BCUT2D eigenvalue weighted by atomic mass is 9.85. The molecule has 2 aliphatic heterocycles. The number of oxazole rings is 1. The third kappa shape index (κ3) is 12.1. The minimum Gasteiger partial charge on any atom is -0.443 e. The zero-order chi connectivity index (χ0) is 53.0. The van der Waals surface area contributed by atoms with Gasteiger partial charge in [0, 0.05) is 49.5 Å². The van der Waals surface area contributed by atoms with E-state index in [9.17, 15) is 47.5 Å². The van der Waals surface area contributed by atoms with Gasteiger partial charge >= 0.3 is 6.18 Å². The summed E-state index contributed by atoms with van der Waals surface area (Å²) in [5.41, 5.74) is 1.21. The number of hydrogen-bond acceptors (Lipinski definition) is 11. The number of nitrogens with one attached hydrogen (secondary N) is 3. The summed E-state index contributed by atoms with van der Waals surface area (Å²) in [5, 5.41) is 28.2. The van der Waals surface area contributed by atoms with Crippen LogP contribution in [0.1, 0.15) is 76.3 Å². The lowest BCUT2D eigenvalue weighted by molar-refractivity contribution is -0.144. The van der Waals surface area contributed by atoms with Gasteiger partial charge in [-0.25, -0.2) is 4.98 Å². The van der Waals surface area contributed by atoms with Crippen LogP contribution in [0.25, 0.3) is 22.5 Å². The second-order valence-corrected chi connectivity index (χ2v) is 19.8. The number of amides is 5. The quantitative estimate of drug-likeness (QED) is 0.0555. The van der Waals surface area contributed by atoms with Crippen molar-refractivity contribution in [3.8, 4) is 28.5 Å². The molecule has 1 aromatic heterocycles. The van der Waals surface area contributed by atoms with E-state index in [1.807, 2.05) is 43.3 Å². The van der Waals surface area contributed by atoms with Crippen LogP contribution >= 0.6 is 12.2 Å². The second kappa shape index (κ2) is 21.7. The number of likely N-dealkylation sites (tertiary alicyclic amines) is 1. The standard InChI is InChI=1S/C53H55F3N8O8S/c1-31-45(72-30-59-31)35-11-9-32(10-12-35)27-58-47(68)42-25-40(65)28-62(42)48(69)46(51(2,3)4)61-44(67)29-71-23-7-8-43(66)60-37-18-13-33(14-19-37)34-15-20-38(21-16-34)64-50(73)63(49(70)52(64,5)6)39-22-17-36(26-57)41(24-39)53(54,55)56/h9-22,24,30,40,42,46,65H,7-8,23,25,27-29H2,1-6H3,(H,58,68)(H,60,66)(H,61,67)/t40-,42+,46-/m1/s1. The third-order valence-corrected chi connectivity index (χ3v) is 13.0. The van der Waals surface area contributed by atoms with Crippen LogP contribution in [0.4, 0.5) is 30.2 Å². The highest BCUT2D eigenvalue weighted by atomic mass is 32.1. The summed E-state index contributed by atoms with van der Waals surface area (Å²) in [6.07, 6.45) is -3.95. The van der Waals surface area contributed by atoms with Gasteiger partial charge in [0.25, 0.3) is 5.91 Å². The second-order valence-electron chi connectivity index (χ2n) is 19.4. The number of carbonyl (C=O) groups is 5. The van der Waals surface area contributed by atoms with Crippen molar-refractivity contribution in [3.05, 3.63) is 120 Å². The number of rotatable bonds is 16. The Bertz CT molecular complexity index is 2930. The molecule has 0 spiro atoms. The van der Waals surface area contributed by atoms with E-state index < -0.39 is 70.1 Å². The first-order chi connectivity index (χ1) is 34.5. The molecule has 0 radical (unpaired) electrons. The van der Waals surface area contributed by atoms with Crippen LogP contribution in [-0.2, 0) is 41.4 Å². The molecular formula is C53H55F3N8O8S. The van der Waals surface area contributed by atoms with E-state index in [1.54, 1.807) is 82.0 Å². The van der Waals surface area contributed by atoms with Gasteiger partial charge in [-0.2, -0.15) is 18.4 Å². The van der Waals surface area contributed by atoms with Crippen molar-refractivity contribution in [2.24, 2.45) is 5.41 Å². The average molecular weight is 1020 g/mol. The lowest BCUT2D eigenvalue weighted by Crippen LogP contribution is -2.58. The van der Waals surface area contributed by atoms with E-state index in [0.717, 1.165) is 45.0 Å². The molecule has 5 aromatic rings. The molecular weight excluding hydrogens is 966 g/mol. The zero-order valence-corrected chi connectivity index (χ0v) is 41.8. The first-order valence-corrected chi connectivity index (χ1v) is 23.8. The first-order valence-electron chi connectivity index (χ1n) is 23.4. The summed E-state index contributed by atoms with van der Waals surface area (Å²) in [4.78, 5) is 75.0.